The first kappa shape index (κ1) is 24.7. The number of alkyl halides is 2. The Labute approximate surface area is 213 Å². The van der Waals surface area contributed by atoms with Crippen molar-refractivity contribution in [3.05, 3.63) is 46.9 Å². The van der Waals surface area contributed by atoms with Crippen molar-refractivity contribution in [3.63, 3.8) is 0 Å². The van der Waals surface area contributed by atoms with Crippen molar-refractivity contribution in [1.29, 1.82) is 0 Å². The van der Waals surface area contributed by atoms with Gasteiger partial charge in [0.05, 0.1) is 6.61 Å². The summed E-state index contributed by atoms with van der Waals surface area (Å²) in [5.74, 6) is 0.0588. The molecule has 192 valence electrons. The number of rotatable bonds is 8. The third kappa shape index (κ3) is 5.12. The molecule has 0 aliphatic heterocycles. The van der Waals surface area contributed by atoms with Gasteiger partial charge >= 0.3 is 5.97 Å². The van der Waals surface area contributed by atoms with Crippen molar-refractivity contribution in [1.82, 2.24) is 20.1 Å². The van der Waals surface area contributed by atoms with Gasteiger partial charge in [0.2, 0.25) is 17.6 Å². The topological polar surface area (TPSA) is 132 Å². The van der Waals surface area contributed by atoms with Crippen molar-refractivity contribution >= 4 is 44.9 Å². The van der Waals surface area contributed by atoms with E-state index in [0.717, 1.165) is 16.3 Å². The van der Waals surface area contributed by atoms with Gasteiger partial charge in [-0.2, -0.15) is 4.98 Å². The highest BCUT2D eigenvalue weighted by Gasteiger charge is 2.36. The average molecular weight is 529 g/mol. The molecule has 3 aromatic heterocycles. The van der Waals surface area contributed by atoms with Crippen LogP contribution in [0.4, 0.5) is 19.7 Å². The third-order valence-electron chi connectivity index (χ3n) is 5.95. The molecule has 3 heterocycles. The quantitative estimate of drug-likeness (QED) is 0.303. The summed E-state index contributed by atoms with van der Waals surface area (Å²) in [5, 5.41) is 11.7. The monoisotopic (exact) mass is 528 g/mol. The maximum atomic E-state index is 13.3. The molecule has 1 aliphatic rings. The number of esters is 1. The zero-order chi connectivity index (χ0) is 26.1. The number of aryl methyl sites for hydroxylation is 1. The fourth-order valence-corrected chi connectivity index (χ4v) is 4.94. The number of carbonyl (C=O) groups is 2. The van der Waals surface area contributed by atoms with Crippen molar-refractivity contribution in [2.24, 2.45) is 5.92 Å². The summed E-state index contributed by atoms with van der Waals surface area (Å²) >= 11 is 0.682. The number of carbonyl (C=O) groups excluding carboxylic acids is 2. The van der Waals surface area contributed by atoms with E-state index in [1.54, 1.807) is 20.0 Å². The van der Waals surface area contributed by atoms with Crippen LogP contribution in [0.3, 0.4) is 0 Å². The molecule has 1 amide bonds. The molecular formula is C24H22F2N6O4S. The van der Waals surface area contributed by atoms with Crippen molar-refractivity contribution < 1.29 is 27.6 Å². The van der Waals surface area contributed by atoms with Crippen LogP contribution < -0.4 is 10.6 Å². The molecule has 0 saturated heterocycles. The van der Waals surface area contributed by atoms with Crippen LogP contribution in [0.25, 0.3) is 22.2 Å². The Bertz CT molecular complexity index is 1470. The van der Waals surface area contributed by atoms with Gasteiger partial charge in [-0.05, 0) is 37.3 Å². The predicted octanol–water partition coefficient (Wildman–Crippen LogP) is 4.99. The van der Waals surface area contributed by atoms with Crippen LogP contribution in [0.5, 0.6) is 0 Å². The summed E-state index contributed by atoms with van der Waals surface area (Å²) in [6.07, 6.45) is -0.219. The molecule has 1 saturated carbocycles. The minimum atomic E-state index is -2.96. The summed E-state index contributed by atoms with van der Waals surface area (Å²) in [6.45, 7) is 3.34. The van der Waals surface area contributed by atoms with Gasteiger partial charge in [0.25, 0.3) is 6.43 Å². The summed E-state index contributed by atoms with van der Waals surface area (Å²) in [6, 6.07) is 7.68. The van der Waals surface area contributed by atoms with Gasteiger partial charge in [-0.3, -0.25) is 4.79 Å². The Morgan fingerprint density at radius 1 is 1.24 bits per heavy atom. The standard InChI is InChI=1S/C24H22F2N6O4S/c1-3-35-23(34)18-17(19(25)26)30-24(37-18)31-22(33)14-8-15(9-14)29-21-16-10-13(20-28-11(2)36-32-20)5-4-12(16)6-7-27-21/h4-7,10,14-15,19H,3,8-9H2,1-2H3,(H,27,29)(H,30,31,33). The first-order chi connectivity index (χ1) is 17.8. The number of benzene rings is 1. The van der Waals surface area contributed by atoms with E-state index in [4.69, 9.17) is 9.26 Å². The number of anilines is 2. The van der Waals surface area contributed by atoms with Crippen LogP contribution in [0.1, 0.15) is 47.4 Å². The minimum absolute atomic E-state index is 0.00654. The van der Waals surface area contributed by atoms with Crippen molar-refractivity contribution in [2.45, 2.75) is 39.2 Å². The SMILES string of the molecule is CCOC(=O)c1sc(NC(=O)C2CC(Nc3nccc4ccc(-c5noc(C)n5)cc34)C2)nc1C(F)F. The first-order valence-electron chi connectivity index (χ1n) is 11.5. The third-order valence-corrected chi connectivity index (χ3v) is 6.92. The molecule has 0 spiro atoms. The summed E-state index contributed by atoms with van der Waals surface area (Å²) in [7, 11) is 0. The van der Waals surface area contributed by atoms with E-state index in [2.05, 4.69) is 30.7 Å². The van der Waals surface area contributed by atoms with Gasteiger partial charge in [0, 0.05) is 36.0 Å². The van der Waals surface area contributed by atoms with E-state index in [1.807, 2.05) is 24.3 Å². The fourth-order valence-electron chi connectivity index (χ4n) is 4.07. The van der Waals surface area contributed by atoms with E-state index in [0.29, 0.717) is 41.7 Å². The average Bonchev–Trinajstić information content (AvgIpc) is 3.47. The van der Waals surface area contributed by atoms with Gasteiger partial charge in [0.1, 0.15) is 16.4 Å². The van der Waals surface area contributed by atoms with Gasteiger partial charge in [0.15, 0.2) is 5.13 Å². The van der Waals surface area contributed by atoms with Gasteiger partial charge in [-0.25, -0.2) is 23.5 Å². The van der Waals surface area contributed by atoms with Crippen LogP contribution >= 0.6 is 11.3 Å². The molecular weight excluding hydrogens is 506 g/mol. The summed E-state index contributed by atoms with van der Waals surface area (Å²) < 4.78 is 36.5. The van der Waals surface area contributed by atoms with Crippen LogP contribution in [0, 0.1) is 12.8 Å². The number of hydrogen-bond acceptors (Lipinski definition) is 10. The maximum absolute atomic E-state index is 13.3. The molecule has 37 heavy (non-hydrogen) atoms. The highest BCUT2D eigenvalue weighted by Crippen LogP contribution is 2.35. The number of amides is 1. The molecule has 4 aromatic rings. The van der Waals surface area contributed by atoms with E-state index in [-0.39, 0.29) is 34.5 Å². The fraction of sp³-hybridized carbons (Fsp3) is 0.333. The number of fused-ring (bicyclic) bond motifs is 1. The second-order valence-electron chi connectivity index (χ2n) is 8.49. The molecule has 10 nitrogen and oxygen atoms in total. The zero-order valence-corrected chi connectivity index (χ0v) is 20.6. The molecule has 0 unspecified atom stereocenters. The number of pyridine rings is 1. The predicted molar refractivity (Wildman–Crippen MR) is 132 cm³/mol. The number of thiazole rings is 1. The van der Waals surface area contributed by atoms with E-state index < -0.39 is 18.1 Å². The number of nitrogens with one attached hydrogen (secondary N) is 2. The van der Waals surface area contributed by atoms with Crippen molar-refractivity contribution in [3.8, 4) is 11.4 Å². The second-order valence-corrected chi connectivity index (χ2v) is 9.48. The Morgan fingerprint density at radius 3 is 2.76 bits per heavy atom. The van der Waals surface area contributed by atoms with Gasteiger partial charge in [-0.15, -0.1) is 0 Å². The van der Waals surface area contributed by atoms with Gasteiger partial charge < -0.3 is 19.9 Å². The lowest BCUT2D eigenvalue weighted by molar-refractivity contribution is -0.122. The van der Waals surface area contributed by atoms with Crippen LogP contribution in [-0.2, 0) is 9.53 Å². The normalized spacial score (nSPS) is 17.0. The highest BCUT2D eigenvalue weighted by atomic mass is 32.1. The van der Waals surface area contributed by atoms with Crippen molar-refractivity contribution in [2.75, 3.05) is 17.2 Å². The zero-order valence-electron chi connectivity index (χ0n) is 19.8. The molecule has 13 heteroatoms. The lowest BCUT2D eigenvalue weighted by Crippen LogP contribution is -2.42. The lowest BCUT2D eigenvalue weighted by atomic mass is 9.79. The highest BCUT2D eigenvalue weighted by molar-refractivity contribution is 7.17. The maximum Gasteiger partial charge on any atom is 0.350 e. The van der Waals surface area contributed by atoms with Crippen LogP contribution in [0.2, 0.25) is 0 Å². The Kier molecular flexibility index (Phi) is 6.78. The molecule has 2 N–H and O–H groups in total. The van der Waals surface area contributed by atoms with E-state index in [1.165, 1.54) is 0 Å². The van der Waals surface area contributed by atoms with Gasteiger partial charge in [-0.1, -0.05) is 28.6 Å². The lowest BCUT2D eigenvalue weighted by Gasteiger charge is -2.35. The number of hydrogen-bond donors (Lipinski definition) is 2. The summed E-state index contributed by atoms with van der Waals surface area (Å²) in [5.41, 5.74) is 0.101. The molecule has 1 fully saturated rings. The second kappa shape index (κ2) is 10.2. The Morgan fingerprint density at radius 2 is 2.05 bits per heavy atom. The number of aromatic nitrogens is 4. The first-order valence-corrected chi connectivity index (χ1v) is 12.4. The number of nitrogens with zero attached hydrogens (tertiary/aromatic N) is 4. The van der Waals surface area contributed by atoms with E-state index >= 15 is 0 Å². The molecule has 0 radical (unpaired) electrons. The summed E-state index contributed by atoms with van der Waals surface area (Å²) in [4.78, 5) is 36.8. The van der Waals surface area contributed by atoms with Crippen LogP contribution in [-0.4, -0.2) is 44.6 Å². The molecule has 1 aromatic carbocycles. The molecule has 5 rings (SSSR count). The van der Waals surface area contributed by atoms with Crippen LogP contribution in [0.15, 0.2) is 35.0 Å². The number of ether oxygens (including phenoxy) is 1. The number of halogens is 2. The Hall–Kier alpha value is -4.00. The van der Waals surface area contributed by atoms with E-state index in [9.17, 15) is 18.4 Å². The minimum Gasteiger partial charge on any atom is -0.462 e. The molecule has 0 atom stereocenters. The molecule has 1 aliphatic carbocycles. The largest absolute Gasteiger partial charge is 0.462 e. The smallest absolute Gasteiger partial charge is 0.350 e. The Balaban J connectivity index is 1.24. The molecule has 0 bridgehead atoms.